The molecule has 19 heavy (non-hydrogen) atoms. The Morgan fingerprint density at radius 3 is 3.00 bits per heavy atom. The first-order valence-electron chi connectivity index (χ1n) is 5.84. The van der Waals surface area contributed by atoms with Gasteiger partial charge in [0, 0.05) is 25.4 Å². The van der Waals surface area contributed by atoms with Gasteiger partial charge in [-0.05, 0) is 12.0 Å². The molecule has 1 aromatic heterocycles. The van der Waals surface area contributed by atoms with Crippen LogP contribution >= 0.6 is 0 Å². The zero-order valence-corrected chi connectivity index (χ0v) is 10.6. The maximum absolute atomic E-state index is 10.4. The van der Waals surface area contributed by atoms with Gasteiger partial charge in [-0.15, -0.1) is 10.1 Å². The number of imidazole rings is 1. The second-order valence-electron chi connectivity index (χ2n) is 4.39. The van der Waals surface area contributed by atoms with Crippen LogP contribution in [0.4, 0.5) is 0 Å². The summed E-state index contributed by atoms with van der Waals surface area (Å²) in [7, 11) is 1.85. The Kier molecular flexibility index (Phi) is 3.43. The van der Waals surface area contributed by atoms with E-state index in [-0.39, 0.29) is 0 Å². The van der Waals surface area contributed by atoms with E-state index in [2.05, 4.69) is 9.82 Å². The normalized spacial score (nSPS) is 25.8. The van der Waals surface area contributed by atoms with Gasteiger partial charge in [0.1, 0.15) is 0 Å². The van der Waals surface area contributed by atoms with Crippen LogP contribution in [0, 0.1) is 16.0 Å². The van der Waals surface area contributed by atoms with Gasteiger partial charge in [0.05, 0.1) is 18.5 Å². The van der Waals surface area contributed by atoms with Crippen molar-refractivity contribution < 1.29 is 19.8 Å². The van der Waals surface area contributed by atoms with Gasteiger partial charge >= 0.3 is 11.1 Å². The number of aliphatic hydroxyl groups is 1. The average Bonchev–Trinajstić information content (AvgIpc) is 2.84. The van der Waals surface area contributed by atoms with Gasteiger partial charge in [-0.2, -0.15) is 0 Å². The minimum atomic E-state index is -2.23. The van der Waals surface area contributed by atoms with E-state index < -0.39 is 17.0 Å². The molecular weight excluding hydrogens is 254 g/mol. The standard InChI is InChI=1S/C11H15N3O5/c1-3-10-8(4-9-5-12-7-13(9)2)6-18-11(10,15)19-14(16)17/h5-7,10,15H,3-4H2,1-2H3. The van der Waals surface area contributed by atoms with Crippen molar-refractivity contribution in [3.63, 3.8) is 0 Å². The van der Waals surface area contributed by atoms with E-state index in [1.807, 2.05) is 11.6 Å². The minimum absolute atomic E-state index is 0.452. The highest BCUT2D eigenvalue weighted by molar-refractivity contribution is 5.19. The number of hydrogen-bond acceptors (Lipinski definition) is 6. The number of nitrogens with zero attached hydrogens (tertiary/aromatic N) is 3. The van der Waals surface area contributed by atoms with Crippen molar-refractivity contribution >= 4 is 0 Å². The first-order chi connectivity index (χ1) is 8.96. The molecule has 1 aliphatic rings. The van der Waals surface area contributed by atoms with E-state index in [9.17, 15) is 15.2 Å². The van der Waals surface area contributed by atoms with Crippen molar-refractivity contribution in [2.75, 3.05) is 0 Å². The average molecular weight is 269 g/mol. The molecule has 104 valence electrons. The van der Waals surface area contributed by atoms with E-state index in [0.717, 1.165) is 11.3 Å². The molecule has 0 saturated heterocycles. The van der Waals surface area contributed by atoms with E-state index >= 15 is 0 Å². The number of ether oxygens (including phenoxy) is 1. The lowest BCUT2D eigenvalue weighted by Gasteiger charge is -2.26. The summed E-state index contributed by atoms with van der Waals surface area (Å²) in [6.45, 7) is 1.80. The number of hydrogen-bond donors (Lipinski definition) is 1. The van der Waals surface area contributed by atoms with E-state index in [0.29, 0.717) is 12.8 Å². The highest BCUT2D eigenvalue weighted by Gasteiger charge is 2.48. The molecule has 1 aliphatic heterocycles. The summed E-state index contributed by atoms with van der Waals surface area (Å²) < 4.78 is 6.79. The molecule has 0 aromatic carbocycles. The summed E-state index contributed by atoms with van der Waals surface area (Å²) in [6, 6.07) is 0. The number of rotatable bonds is 5. The van der Waals surface area contributed by atoms with Crippen LogP contribution < -0.4 is 0 Å². The molecule has 8 nitrogen and oxygen atoms in total. The summed E-state index contributed by atoms with van der Waals surface area (Å²) >= 11 is 0. The molecule has 0 radical (unpaired) electrons. The van der Waals surface area contributed by atoms with E-state index in [1.165, 1.54) is 6.26 Å². The fourth-order valence-electron chi connectivity index (χ4n) is 2.20. The third-order valence-electron chi connectivity index (χ3n) is 3.18. The molecule has 2 heterocycles. The highest BCUT2D eigenvalue weighted by atomic mass is 17.0. The third-order valence-corrected chi connectivity index (χ3v) is 3.18. The second-order valence-corrected chi connectivity index (χ2v) is 4.39. The van der Waals surface area contributed by atoms with Gasteiger partial charge in [-0.1, -0.05) is 6.92 Å². The molecule has 2 rings (SSSR count). The first kappa shape index (κ1) is 13.3. The van der Waals surface area contributed by atoms with E-state index in [4.69, 9.17) is 4.74 Å². The van der Waals surface area contributed by atoms with Gasteiger partial charge in [0.25, 0.3) is 0 Å². The summed E-state index contributed by atoms with van der Waals surface area (Å²) in [5, 5.41) is 19.4. The van der Waals surface area contributed by atoms with Crippen LogP contribution in [0.1, 0.15) is 19.0 Å². The van der Waals surface area contributed by atoms with Gasteiger partial charge in [-0.3, -0.25) is 0 Å². The first-order valence-corrected chi connectivity index (χ1v) is 5.84. The Labute approximate surface area is 109 Å². The summed E-state index contributed by atoms with van der Waals surface area (Å²) in [5.41, 5.74) is 1.65. The monoisotopic (exact) mass is 269 g/mol. The van der Waals surface area contributed by atoms with E-state index in [1.54, 1.807) is 19.4 Å². The quantitative estimate of drug-likeness (QED) is 0.481. The lowest BCUT2D eigenvalue weighted by atomic mass is 9.93. The zero-order valence-electron chi connectivity index (χ0n) is 10.6. The Bertz CT molecular complexity index is 512. The van der Waals surface area contributed by atoms with Gasteiger partial charge in [-0.25, -0.2) is 9.82 Å². The fourth-order valence-corrected chi connectivity index (χ4v) is 2.20. The largest absolute Gasteiger partial charge is 0.448 e. The Morgan fingerprint density at radius 2 is 2.47 bits per heavy atom. The van der Waals surface area contributed by atoms with Crippen LogP contribution in [0.25, 0.3) is 0 Å². The molecule has 2 atom stereocenters. The molecule has 2 unspecified atom stereocenters. The topological polar surface area (TPSA) is 99.7 Å². The van der Waals surface area contributed by atoms with Gasteiger partial charge in [0.2, 0.25) is 0 Å². The predicted molar refractivity (Wildman–Crippen MR) is 62.9 cm³/mol. The van der Waals surface area contributed by atoms with Crippen LogP contribution in [0.5, 0.6) is 0 Å². The Hall–Kier alpha value is -2.09. The van der Waals surface area contributed by atoms with Gasteiger partial charge < -0.3 is 14.4 Å². The lowest BCUT2D eigenvalue weighted by Crippen LogP contribution is -2.41. The number of aromatic nitrogens is 2. The van der Waals surface area contributed by atoms with Crippen molar-refractivity contribution in [2.45, 2.75) is 25.7 Å². The van der Waals surface area contributed by atoms with Crippen molar-refractivity contribution in [2.24, 2.45) is 13.0 Å². The molecule has 1 N–H and O–H groups in total. The number of aryl methyl sites for hydroxylation is 1. The van der Waals surface area contributed by atoms with Crippen LogP contribution in [0.3, 0.4) is 0 Å². The maximum atomic E-state index is 10.4. The van der Waals surface area contributed by atoms with Crippen molar-refractivity contribution in [3.05, 3.63) is 40.2 Å². The summed E-state index contributed by atoms with van der Waals surface area (Å²) in [6.07, 6.45) is 5.61. The lowest BCUT2D eigenvalue weighted by molar-refractivity contribution is -0.815. The molecule has 0 amide bonds. The molecule has 8 heteroatoms. The zero-order chi connectivity index (χ0) is 14.0. The fraction of sp³-hybridized carbons (Fsp3) is 0.545. The Morgan fingerprint density at radius 1 is 1.74 bits per heavy atom. The van der Waals surface area contributed by atoms with Gasteiger partial charge in [0.15, 0.2) is 0 Å². The molecule has 0 aliphatic carbocycles. The maximum Gasteiger partial charge on any atom is 0.369 e. The summed E-state index contributed by atoms with van der Waals surface area (Å²) in [4.78, 5) is 18.7. The van der Waals surface area contributed by atoms with Crippen LogP contribution in [0.2, 0.25) is 0 Å². The molecule has 0 spiro atoms. The smallest absolute Gasteiger partial charge is 0.369 e. The van der Waals surface area contributed by atoms with Crippen molar-refractivity contribution in [1.82, 2.24) is 9.55 Å². The molecular formula is C11H15N3O5. The minimum Gasteiger partial charge on any atom is -0.448 e. The molecule has 1 aromatic rings. The summed E-state index contributed by atoms with van der Waals surface area (Å²) in [5.74, 6) is -2.82. The van der Waals surface area contributed by atoms with Crippen molar-refractivity contribution in [3.8, 4) is 0 Å². The van der Waals surface area contributed by atoms with Crippen LogP contribution in [-0.2, 0) is 23.0 Å². The SMILES string of the molecule is CCC1C(Cc2cncn2C)=COC1(O)O[N+](=O)[O-]. The van der Waals surface area contributed by atoms with Crippen LogP contribution in [-0.4, -0.2) is 25.7 Å². The highest BCUT2D eigenvalue weighted by Crippen LogP contribution is 2.38. The molecule has 0 saturated carbocycles. The predicted octanol–water partition coefficient (Wildman–Crippen LogP) is 0.757. The molecule has 0 bridgehead atoms. The van der Waals surface area contributed by atoms with Crippen LogP contribution in [0.15, 0.2) is 24.4 Å². The Balaban J connectivity index is 2.15. The third kappa shape index (κ3) is 2.53. The van der Waals surface area contributed by atoms with Crippen molar-refractivity contribution in [1.29, 1.82) is 0 Å². The molecule has 0 fully saturated rings. The second kappa shape index (κ2) is 4.88.